The number of thiocarbonyl (C=S) groups is 1. The lowest BCUT2D eigenvalue weighted by Gasteiger charge is -2.03. The largest absolute Gasteiger partial charge is 0.307 e. The number of hydrogen-bond donors (Lipinski definition) is 1. The van der Waals surface area contributed by atoms with E-state index in [9.17, 15) is 4.79 Å². The highest BCUT2D eigenvalue weighted by Crippen LogP contribution is 2.31. The molecule has 0 aliphatic carbocycles. The van der Waals surface area contributed by atoms with Crippen molar-refractivity contribution in [1.29, 1.82) is 0 Å². The second-order valence-corrected chi connectivity index (χ2v) is 5.43. The first kappa shape index (κ1) is 11.6. The first-order chi connectivity index (χ1) is 7.58. The van der Waals surface area contributed by atoms with E-state index in [1.165, 1.54) is 11.8 Å². The van der Waals surface area contributed by atoms with Crippen molar-refractivity contribution >= 4 is 51.4 Å². The van der Waals surface area contributed by atoms with Gasteiger partial charge >= 0.3 is 0 Å². The number of nitrogens with one attached hydrogen (secondary N) is 1. The van der Waals surface area contributed by atoms with E-state index in [-0.39, 0.29) is 5.91 Å². The summed E-state index contributed by atoms with van der Waals surface area (Å²) in [4.78, 5) is 12.2. The summed E-state index contributed by atoms with van der Waals surface area (Å²) in [7, 11) is 0. The molecule has 0 spiro atoms. The van der Waals surface area contributed by atoms with Crippen molar-refractivity contribution in [2.45, 2.75) is 6.92 Å². The van der Waals surface area contributed by atoms with Gasteiger partial charge in [0.1, 0.15) is 4.32 Å². The number of allylic oxidation sites excluding steroid dienone is 1. The van der Waals surface area contributed by atoms with E-state index in [0.717, 1.165) is 11.1 Å². The molecule has 0 aromatic heterocycles. The van der Waals surface area contributed by atoms with Crippen LogP contribution >= 0.6 is 35.6 Å². The molecular weight excluding hydrogens is 262 g/mol. The molecule has 82 valence electrons. The molecule has 1 aromatic carbocycles. The van der Waals surface area contributed by atoms with Gasteiger partial charge in [-0.05, 0) is 30.2 Å². The number of hydrogen-bond acceptors (Lipinski definition) is 3. The van der Waals surface area contributed by atoms with Gasteiger partial charge in [-0.1, -0.05) is 47.7 Å². The molecule has 1 aliphatic heterocycles. The molecule has 1 aromatic rings. The highest BCUT2D eigenvalue weighted by molar-refractivity contribution is 8.26. The monoisotopic (exact) mass is 269 g/mol. The highest BCUT2D eigenvalue weighted by Gasteiger charge is 2.24. The fraction of sp³-hybridized carbons (Fsp3) is 0.0909. The molecule has 0 unspecified atom stereocenters. The third kappa shape index (κ3) is 2.29. The lowest BCUT2D eigenvalue weighted by atomic mass is 10.1. The molecule has 0 atom stereocenters. The summed E-state index contributed by atoms with van der Waals surface area (Å²) in [6, 6.07) is 7.38. The number of thioether (sulfide) groups is 1. The summed E-state index contributed by atoms with van der Waals surface area (Å²) in [6.45, 7) is 1.90. The summed E-state index contributed by atoms with van der Waals surface area (Å²) < 4.78 is 0.508. The SMILES string of the molecule is CC(=C1SC(=S)NC1=O)c1ccc(Cl)cc1. The summed E-state index contributed by atoms with van der Waals surface area (Å²) in [6.07, 6.45) is 0. The van der Waals surface area contributed by atoms with Gasteiger partial charge in [0.15, 0.2) is 0 Å². The fourth-order valence-corrected chi connectivity index (χ4v) is 2.60. The number of rotatable bonds is 1. The molecule has 0 radical (unpaired) electrons. The van der Waals surface area contributed by atoms with Crippen molar-refractivity contribution < 1.29 is 4.79 Å². The van der Waals surface area contributed by atoms with Gasteiger partial charge < -0.3 is 5.32 Å². The van der Waals surface area contributed by atoms with Crippen molar-refractivity contribution in [3.63, 3.8) is 0 Å². The van der Waals surface area contributed by atoms with Gasteiger partial charge in [-0.3, -0.25) is 4.79 Å². The molecule has 5 heteroatoms. The van der Waals surface area contributed by atoms with Crippen molar-refractivity contribution in [3.05, 3.63) is 39.8 Å². The number of halogens is 1. The zero-order valence-corrected chi connectivity index (χ0v) is 10.8. The van der Waals surface area contributed by atoms with Crippen molar-refractivity contribution in [2.24, 2.45) is 0 Å². The number of benzene rings is 1. The van der Waals surface area contributed by atoms with E-state index in [2.05, 4.69) is 5.32 Å². The zero-order valence-electron chi connectivity index (χ0n) is 8.41. The Hall–Kier alpha value is -0.840. The Morgan fingerprint density at radius 3 is 2.50 bits per heavy atom. The quantitative estimate of drug-likeness (QED) is 0.627. The predicted molar refractivity (Wildman–Crippen MR) is 72.4 cm³/mol. The Kier molecular flexibility index (Phi) is 3.33. The number of amides is 1. The average Bonchev–Trinajstić information content (AvgIpc) is 2.58. The lowest BCUT2D eigenvalue weighted by Crippen LogP contribution is -2.18. The van der Waals surface area contributed by atoms with Crippen LogP contribution in [0.25, 0.3) is 5.57 Å². The smallest absolute Gasteiger partial charge is 0.263 e. The number of carbonyl (C=O) groups is 1. The Morgan fingerprint density at radius 2 is 2.00 bits per heavy atom. The van der Waals surface area contributed by atoms with Crippen LogP contribution in [-0.2, 0) is 4.79 Å². The molecule has 1 heterocycles. The Bertz CT molecular complexity index is 493. The van der Waals surface area contributed by atoms with E-state index in [1.807, 2.05) is 19.1 Å². The molecule has 2 rings (SSSR count). The van der Waals surface area contributed by atoms with Crippen molar-refractivity contribution in [1.82, 2.24) is 5.32 Å². The molecule has 1 N–H and O–H groups in total. The predicted octanol–water partition coefficient (Wildman–Crippen LogP) is 3.22. The van der Waals surface area contributed by atoms with E-state index in [4.69, 9.17) is 23.8 Å². The van der Waals surface area contributed by atoms with E-state index in [0.29, 0.717) is 14.2 Å². The van der Waals surface area contributed by atoms with Gasteiger partial charge in [-0.15, -0.1) is 0 Å². The molecule has 1 fully saturated rings. The highest BCUT2D eigenvalue weighted by atomic mass is 35.5. The molecular formula is C11H8ClNOS2. The van der Waals surface area contributed by atoms with Crippen LogP contribution in [0.2, 0.25) is 5.02 Å². The van der Waals surface area contributed by atoms with Gasteiger partial charge in [0, 0.05) is 5.02 Å². The van der Waals surface area contributed by atoms with Crippen LogP contribution in [-0.4, -0.2) is 10.2 Å². The molecule has 0 saturated carbocycles. The first-order valence-electron chi connectivity index (χ1n) is 4.58. The van der Waals surface area contributed by atoms with Crippen molar-refractivity contribution in [3.8, 4) is 0 Å². The van der Waals surface area contributed by atoms with E-state index >= 15 is 0 Å². The van der Waals surface area contributed by atoms with Crippen LogP contribution in [0.5, 0.6) is 0 Å². The second kappa shape index (κ2) is 4.57. The maximum absolute atomic E-state index is 11.6. The molecule has 1 aliphatic rings. The Balaban J connectivity index is 2.41. The average molecular weight is 270 g/mol. The fourth-order valence-electron chi connectivity index (χ4n) is 1.39. The topological polar surface area (TPSA) is 29.1 Å². The van der Waals surface area contributed by atoms with Gasteiger partial charge in [0.2, 0.25) is 0 Å². The summed E-state index contributed by atoms with van der Waals surface area (Å²) in [5.74, 6) is -0.123. The van der Waals surface area contributed by atoms with Gasteiger partial charge in [-0.25, -0.2) is 0 Å². The van der Waals surface area contributed by atoms with Gasteiger partial charge in [0.05, 0.1) is 4.91 Å². The lowest BCUT2D eigenvalue weighted by molar-refractivity contribution is -0.115. The standard InChI is InChI=1S/C11H8ClNOS2/c1-6(7-2-4-8(12)5-3-7)9-10(14)13-11(15)16-9/h2-5H,1H3,(H,13,14,15). The van der Waals surface area contributed by atoms with Crippen LogP contribution < -0.4 is 5.32 Å². The summed E-state index contributed by atoms with van der Waals surface area (Å²) in [5.41, 5.74) is 1.89. The van der Waals surface area contributed by atoms with E-state index < -0.39 is 0 Å². The van der Waals surface area contributed by atoms with E-state index in [1.54, 1.807) is 12.1 Å². The summed E-state index contributed by atoms with van der Waals surface area (Å²) >= 11 is 12.0. The normalized spacial score (nSPS) is 18.6. The Labute approximate surface area is 108 Å². The maximum Gasteiger partial charge on any atom is 0.263 e. The maximum atomic E-state index is 11.6. The van der Waals surface area contributed by atoms with Crippen LogP contribution in [0.1, 0.15) is 12.5 Å². The van der Waals surface area contributed by atoms with Crippen LogP contribution in [0.4, 0.5) is 0 Å². The van der Waals surface area contributed by atoms with Crippen LogP contribution in [0.15, 0.2) is 29.2 Å². The minimum Gasteiger partial charge on any atom is -0.307 e. The third-order valence-corrected chi connectivity index (χ3v) is 3.82. The molecule has 0 bridgehead atoms. The summed E-state index contributed by atoms with van der Waals surface area (Å²) in [5, 5.41) is 3.28. The van der Waals surface area contributed by atoms with Crippen LogP contribution in [0.3, 0.4) is 0 Å². The Morgan fingerprint density at radius 1 is 1.38 bits per heavy atom. The third-order valence-electron chi connectivity index (χ3n) is 2.23. The minimum absolute atomic E-state index is 0.123. The zero-order chi connectivity index (χ0) is 11.7. The van der Waals surface area contributed by atoms with Crippen LogP contribution in [0, 0.1) is 0 Å². The second-order valence-electron chi connectivity index (χ2n) is 3.30. The molecule has 1 amide bonds. The van der Waals surface area contributed by atoms with Gasteiger partial charge in [-0.2, -0.15) is 0 Å². The number of carbonyl (C=O) groups excluding carboxylic acids is 1. The molecule has 2 nitrogen and oxygen atoms in total. The first-order valence-corrected chi connectivity index (χ1v) is 6.18. The van der Waals surface area contributed by atoms with Gasteiger partial charge in [0.25, 0.3) is 5.91 Å². The minimum atomic E-state index is -0.123. The molecule has 16 heavy (non-hydrogen) atoms. The van der Waals surface area contributed by atoms with Crippen molar-refractivity contribution in [2.75, 3.05) is 0 Å². The molecule has 1 saturated heterocycles.